The molecule has 3 saturated carbocycles. The molecule has 7 rings (SSSR count). The number of nitrogens with zero attached hydrogens (tertiary/aromatic N) is 4. The monoisotopic (exact) mass is 488 g/mol. The number of aromatic amines is 1. The largest absolute Gasteiger partial charge is 0.481 e. The Hall–Kier alpha value is -3.70. The number of rotatable bonds is 4. The minimum Gasteiger partial charge on any atom is -0.481 e. The van der Waals surface area contributed by atoms with Gasteiger partial charge in [0.2, 0.25) is 0 Å². The van der Waals surface area contributed by atoms with Crippen molar-refractivity contribution in [1.82, 2.24) is 24.6 Å². The molecule has 0 radical (unpaired) electrons. The van der Waals surface area contributed by atoms with E-state index < -0.39 is 35.6 Å². The number of anilines is 1. The van der Waals surface area contributed by atoms with E-state index in [-0.39, 0.29) is 34.6 Å². The van der Waals surface area contributed by atoms with Gasteiger partial charge in [-0.05, 0) is 55.7 Å². The Morgan fingerprint density at radius 1 is 1.17 bits per heavy atom. The Labute approximate surface area is 195 Å². The molecule has 4 aromatic rings. The molecule has 0 aromatic carbocycles. The number of hydrogen-bond acceptors (Lipinski definition) is 5. The number of halogens is 4. The van der Waals surface area contributed by atoms with Crippen LogP contribution in [0.1, 0.15) is 31.4 Å². The number of fused-ring (bicyclic) bond motifs is 5. The molecule has 3 aliphatic carbocycles. The van der Waals surface area contributed by atoms with Gasteiger partial charge in [-0.15, -0.1) is 5.10 Å². The molecular weight excluding hydrogens is 468 g/mol. The minimum atomic E-state index is -4.68. The fraction of sp³-hybridized carbons (Fsp3) is 0.391. The molecule has 0 amide bonds. The van der Waals surface area contributed by atoms with E-state index in [9.17, 15) is 27.5 Å². The van der Waals surface area contributed by atoms with Crippen molar-refractivity contribution in [3.8, 4) is 11.4 Å². The molecule has 3 fully saturated rings. The summed E-state index contributed by atoms with van der Waals surface area (Å²) >= 11 is 0. The van der Waals surface area contributed by atoms with Crippen LogP contribution in [0.5, 0.6) is 0 Å². The summed E-state index contributed by atoms with van der Waals surface area (Å²) in [4.78, 5) is 23.4. The summed E-state index contributed by atoms with van der Waals surface area (Å²) in [7, 11) is 0. The van der Waals surface area contributed by atoms with Crippen LogP contribution in [0.25, 0.3) is 27.9 Å². The van der Waals surface area contributed by atoms with Crippen molar-refractivity contribution in [2.24, 2.45) is 17.8 Å². The summed E-state index contributed by atoms with van der Waals surface area (Å²) in [5.41, 5.74) is -0.309. The number of hydrogen-bond donors (Lipinski definition) is 3. The van der Waals surface area contributed by atoms with Crippen LogP contribution in [0, 0.1) is 23.6 Å². The van der Waals surface area contributed by atoms with Gasteiger partial charge in [-0.3, -0.25) is 4.79 Å². The predicted molar refractivity (Wildman–Crippen MR) is 117 cm³/mol. The van der Waals surface area contributed by atoms with Crippen LogP contribution in [0.15, 0.2) is 30.6 Å². The van der Waals surface area contributed by atoms with Crippen LogP contribution in [-0.4, -0.2) is 41.7 Å². The van der Waals surface area contributed by atoms with Crippen molar-refractivity contribution < 1.29 is 27.5 Å². The van der Waals surface area contributed by atoms with Gasteiger partial charge in [0.1, 0.15) is 22.7 Å². The fourth-order valence-electron chi connectivity index (χ4n) is 5.76. The topological polar surface area (TPSA) is 108 Å². The third-order valence-electron chi connectivity index (χ3n) is 7.35. The first-order chi connectivity index (χ1) is 16.7. The molecule has 35 heavy (non-hydrogen) atoms. The zero-order valence-electron chi connectivity index (χ0n) is 18.2. The van der Waals surface area contributed by atoms with Crippen LogP contribution in [0.4, 0.5) is 23.4 Å². The van der Waals surface area contributed by atoms with Gasteiger partial charge in [0, 0.05) is 23.2 Å². The van der Waals surface area contributed by atoms with E-state index >= 15 is 0 Å². The number of carbonyl (C=O) groups is 1. The Balaban J connectivity index is 1.53. The number of carboxylic acid groups (broad SMARTS) is 1. The van der Waals surface area contributed by atoms with Gasteiger partial charge in [0.15, 0.2) is 11.6 Å². The second kappa shape index (κ2) is 7.65. The lowest BCUT2D eigenvalue weighted by molar-refractivity contribution is -0.148. The predicted octanol–water partition coefficient (Wildman–Crippen LogP) is 4.73. The number of aliphatic carboxylic acids is 1. The molecule has 8 nitrogen and oxygen atoms in total. The molecule has 0 saturated heterocycles. The quantitative estimate of drug-likeness (QED) is 0.359. The van der Waals surface area contributed by atoms with Gasteiger partial charge in [0.25, 0.3) is 0 Å². The first-order valence-corrected chi connectivity index (χ1v) is 11.3. The maximum atomic E-state index is 13.9. The molecule has 0 unspecified atom stereocenters. The molecular formula is C23H20F4N6O2. The van der Waals surface area contributed by atoms with E-state index in [0.29, 0.717) is 11.0 Å². The second-order valence-electron chi connectivity index (χ2n) is 9.26. The molecule has 3 N–H and O–H groups in total. The Bertz CT molecular complexity index is 1450. The maximum Gasteiger partial charge on any atom is 0.433 e. The van der Waals surface area contributed by atoms with Crippen LogP contribution in [0.3, 0.4) is 0 Å². The van der Waals surface area contributed by atoms with E-state index in [0.717, 1.165) is 42.5 Å². The van der Waals surface area contributed by atoms with Crippen LogP contribution in [-0.2, 0) is 11.0 Å². The van der Waals surface area contributed by atoms with E-state index in [1.165, 1.54) is 18.3 Å². The second-order valence-corrected chi connectivity index (χ2v) is 9.26. The average Bonchev–Trinajstić information content (AvgIpc) is 3.43. The number of carboxylic acids is 1. The molecule has 0 aliphatic heterocycles. The SMILES string of the molecule is O=C(O)[C@@H]1C2CCC(CC2)[C@H]1Nc1nc(-c2c[nH]c3ncc(F)cc23)nn2c(C(F)(F)F)ccc12. The molecule has 182 valence electrons. The number of pyridine rings is 1. The number of H-pyrrole nitrogens is 1. The van der Waals surface area contributed by atoms with Crippen molar-refractivity contribution in [3.05, 3.63) is 42.1 Å². The first-order valence-electron chi connectivity index (χ1n) is 11.3. The maximum absolute atomic E-state index is 13.9. The van der Waals surface area contributed by atoms with Gasteiger partial charge < -0.3 is 15.4 Å². The lowest BCUT2D eigenvalue weighted by atomic mass is 9.61. The van der Waals surface area contributed by atoms with Crippen LogP contribution in [0.2, 0.25) is 0 Å². The highest BCUT2D eigenvalue weighted by molar-refractivity contribution is 5.92. The third-order valence-corrected chi connectivity index (χ3v) is 7.35. The third kappa shape index (κ3) is 3.50. The van der Waals surface area contributed by atoms with E-state index in [4.69, 9.17) is 0 Å². The zero-order chi connectivity index (χ0) is 24.5. The van der Waals surface area contributed by atoms with E-state index in [1.807, 2.05) is 0 Å². The van der Waals surface area contributed by atoms with Gasteiger partial charge in [-0.25, -0.2) is 18.9 Å². The first kappa shape index (κ1) is 21.8. The Kier molecular flexibility index (Phi) is 4.77. The summed E-state index contributed by atoms with van der Waals surface area (Å²) in [6.07, 6.45) is 1.14. The van der Waals surface area contributed by atoms with Crippen molar-refractivity contribution >= 4 is 28.3 Å². The Morgan fingerprint density at radius 3 is 2.63 bits per heavy atom. The molecule has 2 bridgehead atoms. The van der Waals surface area contributed by atoms with Crippen LogP contribution < -0.4 is 5.32 Å². The smallest absolute Gasteiger partial charge is 0.433 e. The molecule has 0 spiro atoms. The molecule has 4 heterocycles. The van der Waals surface area contributed by atoms with Crippen molar-refractivity contribution in [2.45, 2.75) is 37.9 Å². The van der Waals surface area contributed by atoms with E-state index in [2.05, 4.69) is 25.4 Å². The normalized spacial score (nSPS) is 24.3. The number of nitrogens with one attached hydrogen (secondary N) is 2. The van der Waals surface area contributed by atoms with Gasteiger partial charge in [-0.1, -0.05) is 0 Å². The number of aromatic nitrogens is 5. The highest BCUT2D eigenvalue weighted by atomic mass is 19.4. The lowest BCUT2D eigenvalue weighted by Gasteiger charge is -2.47. The number of alkyl halides is 3. The fourth-order valence-corrected chi connectivity index (χ4v) is 5.76. The molecule has 2 atom stereocenters. The summed E-state index contributed by atoms with van der Waals surface area (Å²) in [5.74, 6) is -2.09. The van der Waals surface area contributed by atoms with Crippen molar-refractivity contribution in [2.75, 3.05) is 5.32 Å². The summed E-state index contributed by atoms with van der Waals surface area (Å²) in [5, 5.41) is 17.6. The molecule has 4 aromatic heterocycles. The summed E-state index contributed by atoms with van der Waals surface area (Å²) < 4.78 is 55.9. The summed E-state index contributed by atoms with van der Waals surface area (Å²) in [6.45, 7) is 0. The van der Waals surface area contributed by atoms with Gasteiger partial charge >= 0.3 is 12.1 Å². The minimum absolute atomic E-state index is 0.00696. The van der Waals surface area contributed by atoms with Crippen molar-refractivity contribution in [3.63, 3.8) is 0 Å². The van der Waals surface area contributed by atoms with Gasteiger partial charge in [-0.2, -0.15) is 13.2 Å². The van der Waals surface area contributed by atoms with Gasteiger partial charge in [0.05, 0.1) is 12.1 Å². The average molecular weight is 488 g/mol. The van der Waals surface area contributed by atoms with E-state index in [1.54, 1.807) is 0 Å². The molecule has 3 aliphatic rings. The van der Waals surface area contributed by atoms with Crippen LogP contribution >= 0.6 is 0 Å². The standard InChI is InChI=1S/C23H20F4N6O2/c24-12-7-13-14(9-29-19(13)28-8-12)20-31-21(15-5-6-16(23(25,26)27)33(15)32-20)30-18-11-3-1-10(2-4-11)17(18)22(34)35/h5-11,17-18H,1-4H2,(H,28,29)(H,34,35)(H,30,31,32)/t10?,11?,17-,18-/m1/s1. The highest BCUT2D eigenvalue weighted by Crippen LogP contribution is 2.46. The zero-order valence-corrected chi connectivity index (χ0v) is 18.2. The Morgan fingerprint density at radius 2 is 1.91 bits per heavy atom. The van der Waals surface area contributed by atoms with Crippen molar-refractivity contribution in [1.29, 1.82) is 0 Å². The summed E-state index contributed by atoms with van der Waals surface area (Å²) in [6, 6.07) is 2.91. The lowest BCUT2D eigenvalue weighted by Crippen LogP contribution is -2.51. The molecule has 12 heteroatoms. The highest BCUT2D eigenvalue weighted by Gasteiger charge is 2.47.